The summed E-state index contributed by atoms with van der Waals surface area (Å²) < 4.78 is 5.13. The zero-order valence-corrected chi connectivity index (χ0v) is 11.5. The topological polar surface area (TPSA) is 96.1 Å². The van der Waals surface area contributed by atoms with E-state index in [4.69, 9.17) is 4.74 Å². The standard InChI is InChI=1S/C10H15BrN4O3/c1-18-5-4-12-7(16)2-3-13-9-8(11)10(17)15-6-14-9/h6H,2-5H2,1H3,(H,12,16)(H2,13,14,15,17). The highest BCUT2D eigenvalue weighted by atomic mass is 79.9. The molecule has 0 unspecified atom stereocenters. The fraction of sp³-hybridized carbons (Fsp3) is 0.500. The van der Waals surface area contributed by atoms with Gasteiger partial charge in [-0.1, -0.05) is 0 Å². The highest BCUT2D eigenvalue weighted by Crippen LogP contribution is 2.12. The van der Waals surface area contributed by atoms with E-state index >= 15 is 0 Å². The number of nitrogens with zero attached hydrogens (tertiary/aromatic N) is 1. The number of nitrogens with one attached hydrogen (secondary N) is 3. The Labute approximate surface area is 112 Å². The number of aromatic nitrogens is 2. The Bertz CT molecular complexity index is 449. The van der Waals surface area contributed by atoms with Crippen LogP contribution in [0, 0.1) is 0 Å². The zero-order valence-electron chi connectivity index (χ0n) is 9.96. The molecule has 3 N–H and O–H groups in total. The first-order valence-electron chi connectivity index (χ1n) is 5.38. The third-order valence-corrected chi connectivity index (χ3v) is 2.81. The maximum absolute atomic E-state index is 11.4. The van der Waals surface area contributed by atoms with Crippen LogP contribution in [0.15, 0.2) is 15.6 Å². The van der Waals surface area contributed by atoms with Crippen LogP contribution in [0.4, 0.5) is 5.82 Å². The van der Waals surface area contributed by atoms with E-state index in [1.165, 1.54) is 6.33 Å². The first kappa shape index (κ1) is 14.7. The van der Waals surface area contributed by atoms with E-state index in [9.17, 15) is 9.59 Å². The van der Waals surface area contributed by atoms with E-state index in [0.717, 1.165) is 0 Å². The highest BCUT2D eigenvalue weighted by Gasteiger charge is 2.05. The Hall–Kier alpha value is -1.41. The van der Waals surface area contributed by atoms with Crippen molar-refractivity contribution in [2.24, 2.45) is 0 Å². The first-order chi connectivity index (χ1) is 8.65. The number of hydrogen-bond acceptors (Lipinski definition) is 5. The van der Waals surface area contributed by atoms with Crippen LogP contribution in [-0.4, -0.2) is 42.7 Å². The van der Waals surface area contributed by atoms with Crippen LogP contribution >= 0.6 is 15.9 Å². The van der Waals surface area contributed by atoms with Crippen molar-refractivity contribution in [3.8, 4) is 0 Å². The van der Waals surface area contributed by atoms with E-state index in [2.05, 4.69) is 36.5 Å². The molecule has 0 saturated heterocycles. The van der Waals surface area contributed by atoms with Crippen LogP contribution in [-0.2, 0) is 9.53 Å². The van der Waals surface area contributed by atoms with Crippen molar-refractivity contribution in [2.45, 2.75) is 6.42 Å². The van der Waals surface area contributed by atoms with Gasteiger partial charge >= 0.3 is 0 Å². The van der Waals surface area contributed by atoms with Gasteiger partial charge in [-0.2, -0.15) is 0 Å². The molecule has 0 saturated carbocycles. The zero-order chi connectivity index (χ0) is 13.4. The number of aromatic amines is 1. The molecule has 1 amide bonds. The van der Waals surface area contributed by atoms with E-state index < -0.39 is 0 Å². The Morgan fingerprint density at radius 2 is 2.33 bits per heavy atom. The van der Waals surface area contributed by atoms with Crippen molar-refractivity contribution < 1.29 is 9.53 Å². The molecular weight excluding hydrogens is 304 g/mol. The van der Waals surface area contributed by atoms with Crippen molar-refractivity contribution >= 4 is 27.7 Å². The molecule has 100 valence electrons. The number of H-pyrrole nitrogens is 1. The molecule has 0 radical (unpaired) electrons. The van der Waals surface area contributed by atoms with Gasteiger partial charge in [0.15, 0.2) is 0 Å². The average molecular weight is 319 g/mol. The fourth-order valence-electron chi connectivity index (χ4n) is 1.18. The number of carbonyl (C=O) groups is 1. The SMILES string of the molecule is COCCNC(=O)CCNc1nc[nH]c(=O)c1Br. The quantitative estimate of drug-likeness (QED) is 0.619. The van der Waals surface area contributed by atoms with E-state index in [1.54, 1.807) is 7.11 Å². The Morgan fingerprint density at radius 3 is 3.06 bits per heavy atom. The summed E-state index contributed by atoms with van der Waals surface area (Å²) in [6.45, 7) is 1.37. The van der Waals surface area contributed by atoms with Crippen molar-refractivity contribution in [3.05, 3.63) is 21.2 Å². The molecule has 7 nitrogen and oxygen atoms in total. The van der Waals surface area contributed by atoms with Crippen LogP contribution in [0.3, 0.4) is 0 Å². The molecule has 1 aromatic heterocycles. The van der Waals surface area contributed by atoms with Gasteiger partial charge in [0.2, 0.25) is 5.91 Å². The third-order valence-electron chi connectivity index (χ3n) is 2.07. The summed E-state index contributed by atoms with van der Waals surface area (Å²) in [5, 5.41) is 5.60. The smallest absolute Gasteiger partial charge is 0.267 e. The second-order valence-corrected chi connectivity index (χ2v) is 4.21. The summed E-state index contributed by atoms with van der Waals surface area (Å²) in [4.78, 5) is 29.0. The maximum Gasteiger partial charge on any atom is 0.267 e. The van der Waals surface area contributed by atoms with Crippen LogP contribution in [0.1, 0.15) is 6.42 Å². The van der Waals surface area contributed by atoms with Gasteiger partial charge in [-0.25, -0.2) is 4.98 Å². The normalized spacial score (nSPS) is 10.1. The van der Waals surface area contributed by atoms with Gasteiger partial charge in [0, 0.05) is 26.6 Å². The minimum atomic E-state index is -0.267. The number of carbonyl (C=O) groups excluding carboxylic acids is 1. The molecule has 1 aromatic rings. The predicted octanol–water partition coefficient (Wildman–Crippen LogP) is 0.0970. The summed E-state index contributed by atoms with van der Waals surface area (Å²) in [5.41, 5.74) is -0.267. The molecule has 0 aliphatic carbocycles. The molecule has 0 fully saturated rings. The largest absolute Gasteiger partial charge is 0.383 e. The lowest BCUT2D eigenvalue weighted by molar-refractivity contribution is -0.121. The predicted molar refractivity (Wildman–Crippen MR) is 70.6 cm³/mol. The van der Waals surface area contributed by atoms with Gasteiger partial charge in [0.25, 0.3) is 5.56 Å². The minimum absolute atomic E-state index is 0.0829. The van der Waals surface area contributed by atoms with E-state index in [0.29, 0.717) is 36.4 Å². The molecule has 0 aliphatic heterocycles. The summed E-state index contributed by atoms with van der Waals surface area (Å²) in [5.74, 6) is 0.337. The van der Waals surface area contributed by atoms with E-state index in [-0.39, 0.29) is 11.5 Å². The molecule has 1 heterocycles. The summed E-state index contributed by atoms with van der Waals surface area (Å²) in [6, 6.07) is 0. The molecule has 0 bridgehead atoms. The molecule has 0 atom stereocenters. The molecular formula is C10H15BrN4O3. The summed E-state index contributed by atoms with van der Waals surface area (Å²) in [7, 11) is 1.57. The Balaban J connectivity index is 2.31. The van der Waals surface area contributed by atoms with Gasteiger partial charge < -0.3 is 20.4 Å². The molecule has 8 heteroatoms. The van der Waals surface area contributed by atoms with Crippen molar-refractivity contribution in [1.82, 2.24) is 15.3 Å². The fourth-order valence-corrected chi connectivity index (χ4v) is 1.54. The molecule has 1 rings (SSSR count). The Morgan fingerprint density at radius 1 is 1.56 bits per heavy atom. The second kappa shape index (κ2) is 7.83. The highest BCUT2D eigenvalue weighted by molar-refractivity contribution is 9.10. The van der Waals surface area contributed by atoms with Crippen molar-refractivity contribution in [3.63, 3.8) is 0 Å². The lowest BCUT2D eigenvalue weighted by Gasteiger charge is -2.07. The van der Waals surface area contributed by atoms with Crippen molar-refractivity contribution in [2.75, 3.05) is 32.1 Å². The molecule has 0 aromatic carbocycles. The minimum Gasteiger partial charge on any atom is -0.383 e. The third kappa shape index (κ3) is 4.84. The number of anilines is 1. The number of amides is 1. The van der Waals surface area contributed by atoms with Gasteiger partial charge in [-0.05, 0) is 15.9 Å². The molecule has 0 aliphatic rings. The van der Waals surface area contributed by atoms with Gasteiger partial charge in [-0.3, -0.25) is 9.59 Å². The van der Waals surface area contributed by atoms with Crippen LogP contribution in [0.5, 0.6) is 0 Å². The van der Waals surface area contributed by atoms with Gasteiger partial charge in [0.1, 0.15) is 10.3 Å². The Kier molecular flexibility index (Phi) is 6.37. The van der Waals surface area contributed by atoms with Crippen LogP contribution in [0.25, 0.3) is 0 Å². The summed E-state index contributed by atoms with van der Waals surface area (Å²) >= 11 is 3.11. The van der Waals surface area contributed by atoms with Crippen molar-refractivity contribution in [1.29, 1.82) is 0 Å². The number of hydrogen-bond donors (Lipinski definition) is 3. The molecule has 0 spiro atoms. The lowest BCUT2D eigenvalue weighted by Crippen LogP contribution is -2.28. The van der Waals surface area contributed by atoms with E-state index in [1.807, 2.05) is 0 Å². The van der Waals surface area contributed by atoms with Gasteiger partial charge in [0.05, 0.1) is 12.9 Å². The number of ether oxygens (including phenoxy) is 1. The van der Waals surface area contributed by atoms with Crippen LogP contribution in [0.2, 0.25) is 0 Å². The average Bonchev–Trinajstić information content (AvgIpc) is 2.35. The maximum atomic E-state index is 11.4. The summed E-state index contributed by atoms with van der Waals surface area (Å²) in [6.07, 6.45) is 1.60. The lowest BCUT2D eigenvalue weighted by atomic mass is 10.4. The second-order valence-electron chi connectivity index (χ2n) is 3.41. The van der Waals surface area contributed by atoms with Gasteiger partial charge in [-0.15, -0.1) is 0 Å². The monoisotopic (exact) mass is 318 g/mol. The molecule has 18 heavy (non-hydrogen) atoms. The number of methoxy groups -OCH3 is 1. The number of rotatable bonds is 7. The number of halogens is 1. The first-order valence-corrected chi connectivity index (χ1v) is 6.17. The van der Waals surface area contributed by atoms with Crippen LogP contribution < -0.4 is 16.2 Å².